The first-order chi connectivity index (χ1) is 13.2. The van der Waals surface area contributed by atoms with E-state index in [0.29, 0.717) is 29.3 Å². The van der Waals surface area contributed by atoms with Crippen molar-refractivity contribution >= 4 is 27.3 Å². The number of sulfonamides is 1. The van der Waals surface area contributed by atoms with Gasteiger partial charge in [-0.25, -0.2) is 8.42 Å². The molecule has 2 rings (SSSR count). The molecule has 1 unspecified atom stereocenters. The lowest BCUT2D eigenvalue weighted by atomic mass is 10.1. The maximum Gasteiger partial charge on any atom is 0.248 e. The van der Waals surface area contributed by atoms with Crippen LogP contribution in [-0.4, -0.2) is 40.8 Å². The Bertz CT molecular complexity index is 926. The fourth-order valence-electron chi connectivity index (χ4n) is 2.87. The van der Waals surface area contributed by atoms with Gasteiger partial charge in [-0.2, -0.15) is 0 Å². The summed E-state index contributed by atoms with van der Waals surface area (Å²) in [6.07, 6.45) is 1.39. The monoisotopic (exact) mass is 406 g/mol. The van der Waals surface area contributed by atoms with E-state index < -0.39 is 22.0 Å². The second-order valence-corrected chi connectivity index (χ2v) is 8.23. The molecule has 0 aliphatic rings. The molecule has 0 saturated carbocycles. The molecule has 0 aromatic heterocycles. The molecular formula is C20H26N2O5S. The van der Waals surface area contributed by atoms with Gasteiger partial charge < -0.3 is 14.8 Å². The van der Waals surface area contributed by atoms with E-state index in [0.717, 1.165) is 16.1 Å². The fourth-order valence-corrected chi connectivity index (χ4v) is 4.08. The van der Waals surface area contributed by atoms with Crippen molar-refractivity contribution in [3.05, 3.63) is 48.0 Å². The van der Waals surface area contributed by atoms with Gasteiger partial charge in [0.05, 0.1) is 31.9 Å². The van der Waals surface area contributed by atoms with Crippen LogP contribution in [0.1, 0.15) is 18.9 Å². The molecule has 0 heterocycles. The molecular weight excluding hydrogens is 380 g/mol. The Morgan fingerprint density at radius 2 is 1.75 bits per heavy atom. The average Bonchev–Trinajstić information content (AvgIpc) is 2.66. The van der Waals surface area contributed by atoms with Crippen LogP contribution in [0.3, 0.4) is 0 Å². The maximum absolute atomic E-state index is 13.0. The van der Waals surface area contributed by atoms with Gasteiger partial charge in [-0.3, -0.25) is 9.10 Å². The molecule has 0 radical (unpaired) electrons. The zero-order valence-corrected chi connectivity index (χ0v) is 17.5. The van der Waals surface area contributed by atoms with Crippen LogP contribution in [-0.2, 0) is 14.8 Å². The highest BCUT2D eigenvalue weighted by molar-refractivity contribution is 7.92. The molecule has 0 saturated heterocycles. The van der Waals surface area contributed by atoms with E-state index in [9.17, 15) is 13.2 Å². The predicted octanol–water partition coefficient (Wildman–Crippen LogP) is 3.20. The number of nitrogens with one attached hydrogen (secondary N) is 1. The van der Waals surface area contributed by atoms with Crippen molar-refractivity contribution in [2.45, 2.75) is 26.3 Å². The molecule has 0 bridgehead atoms. The van der Waals surface area contributed by atoms with Crippen LogP contribution in [0.4, 0.5) is 11.4 Å². The van der Waals surface area contributed by atoms with Gasteiger partial charge in [0, 0.05) is 6.07 Å². The zero-order valence-electron chi connectivity index (χ0n) is 16.7. The first kappa shape index (κ1) is 21.6. The minimum Gasteiger partial charge on any atom is -0.497 e. The van der Waals surface area contributed by atoms with Gasteiger partial charge in [0.2, 0.25) is 15.9 Å². The average molecular weight is 407 g/mol. The Morgan fingerprint density at radius 3 is 2.25 bits per heavy atom. The summed E-state index contributed by atoms with van der Waals surface area (Å²) < 4.78 is 36.6. The summed E-state index contributed by atoms with van der Waals surface area (Å²) in [6.45, 7) is 3.68. The van der Waals surface area contributed by atoms with Crippen molar-refractivity contribution in [2.75, 3.05) is 30.1 Å². The second kappa shape index (κ2) is 8.97. The number of nitrogens with zero attached hydrogens (tertiary/aromatic N) is 1. The van der Waals surface area contributed by atoms with Crippen LogP contribution < -0.4 is 19.1 Å². The number of methoxy groups -OCH3 is 2. The molecule has 7 nitrogen and oxygen atoms in total. The van der Waals surface area contributed by atoms with Gasteiger partial charge in [-0.05, 0) is 37.6 Å². The van der Waals surface area contributed by atoms with E-state index >= 15 is 0 Å². The standard InChI is InChI=1S/C20H26N2O5S/c1-6-18(22(28(5,24)25)15-9-7-14(2)8-10-15)20(23)21-17-12-11-16(26-3)13-19(17)27-4/h7-13,18H,6H2,1-5H3,(H,21,23). The van der Waals surface area contributed by atoms with Crippen LogP contribution >= 0.6 is 0 Å². The lowest BCUT2D eigenvalue weighted by Crippen LogP contribution is -2.47. The number of carbonyl (C=O) groups excluding carboxylic acids is 1. The van der Waals surface area contributed by atoms with Gasteiger partial charge in [0.25, 0.3) is 0 Å². The third-order valence-corrected chi connectivity index (χ3v) is 5.46. The summed E-state index contributed by atoms with van der Waals surface area (Å²) in [6, 6.07) is 11.1. The lowest BCUT2D eigenvalue weighted by Gasteiger charge is -2.30. The van der Waals surface area contributed by atoms with E-state index in [-0.39, 0.29) is 0 Å². The minimum absolute atomic E-state index is 0.297. The van der Waals surface area contributed by atoms with Crippen LogP contribution in [0.5, 0.6) is 11.5 Å². The third-order valence-electron chi connectivity index (χ3n) is 4.28. The zero-order chi connectivity index (χ0) is 20.9. The van der Waals surface area contributed by atoms with Crippen LogP contribution in [0, 0.1) is 6.92 Å². The molecule has 0 aliphatic carbocycles. The number of hydrogen-bond donors (Lipinski definition) is 1. The Kier molecular flexibility index (Phi) is 6.90. The van der Waals surface area contributed by atoms with E-state index in [4.69, 9.17) is 9.47 Å². The first-order valence-electron chi connectivity index (χ1n) is 8.80. The normalized spacial score (nSPS) is 12.2. The van der Waals surface area contributed by atoms with Gasteiger partial charge in [-0.15, -0.1) is 0 Å². The summed E-state index contributed by atoms with van der Waals surface area (Å²) in [7, 11) is -0.668. The highest BCUT2D eigenvalue weighted by Crippen LogP contribution is 2.30. The largest absolute Gasteiger partial charge is 0.497 e. The lowest BCUT2D eigenvalue weighted by molar-refractivity contribution is -0.117. The molecule has 0 aliphatic heterocycles. The number of hydrogen-bond acceptors (Lipinski definition) is 5. The smallest absolute Gasteiger partial charge is 0.248 e. The van der Waals surface area contributed by atoms with Crippen LogP contribution in [0.15, 0.2) is 42.5 Å². The number of rotatable bonds is 8. The molecule has 1 atom stereocenters. The molecule has 2 aromatic carbocycles. The number of ether oxygens (including phenoxy) is 2. The van der Waals surface area contributed by atoms with Crippen molar-refractivity contribution in [3.63, 3.8) is 0 Å². The van der Waals surface area contributed by atoms with Crippen molar-refractivity contribution in [2.24, 2.45) is 0 Å². The van der Waals surface area contributed by atoms with Crippen molar-refractivity contribution < 1.29 is 22.7 Å². The number of carbonyl (C=O) groups is 1. The maximum atomic E-state index is 13.0. The van der Waals surface area contributed by atoms with Crippen LogP contribution in [0.2, 0.25) is 0 Å². The number of aryl methyl sites for hydroxylation is 1. The number of amides is 1. The summed E-state index contributed by atoms with van der Waals surface area (Å²) in [4.78, 5) is 13.0. The number of benzene rings is 2. The molecule has 2 aromatic rings. The van der Waals surface area contributed by atoms with E-state index in [1.807, 2.05) is 19.1 Å². The Morgan fingerprint density at radius 1 is 1.11 bits per heavy atom. The van der Waals surface area contributed by atoms with Crippen molar-refractivity contribution in [3.8, 4) is 11.5 Å². The quantitative estimate of drug-likeness (QED) is 0.728. The van der Waals surface area contributed by atoms with E-state index in [2.05, 4.69) is 5.32 Å². The fraction of sp³-hybridized carbons (Fsp3) is 0.350. The van der Waals surface area contributed by atoms with Gasteiger partial charge in [0.1, 0.15) is 17.5 Å². The summed E-state index contributed by atoms with van der Waals surface area (Å²) in [5.74, 6) is 0.556. The Balaban J connectivity index is 2.38. The first-order valence-corrected chi connectivity index (χ1v) is 10.6. The summed E-state index contributed by atoms with van der Waals surface area (Å²) in [5.41, 5.74) is 1.87. The molecule has 28 heavy (non-hydrogen) atoms. The highest BCUT2D eigenvalue weighted by atomic mass is 32.2. The summed E-state index contributed by atoms with van der Waals surface area (Å²) in [5, 5.41) is 2.77. The molecule has 1 N–H and O–H groups in total. The van der Waals surface area contributed by atoms with Gasteiger partial charge >= 0.3 is 0 Å². The predicted molar refractivity (Wildman–Crippen MR) is 111 cm³/mol. The molecule has 0 fully saturated rings. The molecule has 152 valence electrons. The topological polar surface area (TPSA) is 84.9 Å². The summed E-state index contributed by atoms with van der Waals surface area (Å²) >= 11 is 0. The number of anilines is 2. The van der Waals surface area contributed by atoms with E-state index in [1.165, 1.54) is 14.2 Å². The third kappa shape index (κ3) is 4.95. The molecule has 1 amide bonds. The van der Waals surface area contributed by atoms with Gasteiger partial charge in [0.15, 0.2) is 0 Å². The minimum atomic E-state index is -3.68. The van der Waals surface area contributed by atoms with E-state index in [1.54, 1.807) is 37.3 Å². The Hall–Kier alpha value is -2.74. The SMILES string of the molecule is CCC(C(=O)Nc1ccc(OC)cc1OC)N(c1ccc(C)cc1)S(C)(=O)=O. The van der Waals surface area contributed by atoms with Gasteiger partial charge in [-0.1, -0.05) is 24.6 Å². The molecule has 8 heteroatoms. The van der Waals surface area contributed by atoms with Crippen molar-refractivity contribution in [1.82, 2.24) is 0 Å². The van der Waals surface area contributed by atoms with Crippen molar-refractivity contribution in [1.29, 1.82) is 0 Å². The Labute approximate surface area is 166 Å². The van der Waals surface area contributed by atoms with Crippen LogP contribution in [0.25, 0.3) is 0 Å². The second-order valence-electron chi connectivity index (χ2n) is 6.37. The molecule has 0 spiro atoms. The highest BCUT2D eigenvalue weighted by Gasteiger charge is 2.31.